The molecule has 0 unspecified atom stereocenters. The third kappa shape index (κ3) is 4.59. The number of benzene rings is 3. The summed E-state index contributed by atoms with van der Waals surface area (Å²) in [6.45, 7) is 0.374. The van der Waals surface area contributed by atoms with E-state index in [0.29, 0.717) is 33.6 Å². The first-order valence-corrected chi connectivity index (χ1v) is 9.46. The third-order valence-electron chi connectivity index (χ3n) is 4.97. The van der Waals surface area contributed by atoms with Gasteiger partial charge in [0, 0.05) is 28.6 Å². The highest BCUT2D eigenvalue weighted by Gasteiger charge is 2.16. The highest BCUT2D eigenvalue weighted by Crippen LogP contribution is 2.32. The number of anilines is 1. The van der Waals surface area contributed by atoms with Crippen molar-refractivity contribution in [3.63, 3.8) is 0 Å². The number of carboxylic acids is 2. The second-order valence-electron chi connectivity index (χ2n) is 7.00. The molecule has 0 fully saturated rings. The van der Waals surface area contributed by atoms with Gasteiger partial charge in [0.05, 0.1) is 6.07 Å². The Morgan fingerprint density at radius 3 is 2.26 bits per heavy atom. The molecular weight excluding hydrogens is 422 g/mol. The van der Waals surface area contributed by atoms with Gasteiger partial charge in [-0.2, -0.15) is 0 Å². The normalized spacial score (nSPS) is 10.8. The number of nitrogens with two attached hydrogens (primary N) is 1. The minimum atomic E-state index is -0.948. The lowest BCUT2D eigenvalue weighted by molar-refractivity contribution is -0.137. The predicted molar refractivity (Wildman–Crippen MR) is 112 cm³/mol. The van der Waals surface area contributed by atoms with Crippen LogP contribution < -0.4 is 28.1 Å². The second-order valence-corrected chi connectivity index (χ2v) is 7.00. The molecule has 1 aliphatic carbocycles. The second kappa shape index (κ2) is 9.01. The van der Waals surface area contributed by atoms with Crippen molar-refractivity contribution >= 4 is 39.5 Å². The molecular formula is C22H20ClN3O5. The molecule has 31 heavy (non-hydrogen) atoms. The number of carbonyl (C=O) groups is 2. The van der Waals surface area contributed by atoms with Crippen molar-refractivity contribution in [2.75, 3.05) is 18.8 Å². The number of carboxylic acid groups (broad SMARTS) is 2. The summed E-state index contributed by atoms with van der Waals surface area (Å²) < 4.78 is 7.79. The lowest BCUT2D eigenvalue weighted by atomic mass is 10.1. The highest BCUT2D eigenvalue weighted by atomic mass is 35.5. The first-order chi connectivity index (χ1) is 14.4. The first-order valence-electron chi connectivity index (χ1n) is 9.46. The van der Waals surface area contributed by atoms with Crippen molar-refractivity contribution in [1.29, 1.82) is 0 Å². The maximum absolute atomic E-state index is 11.0. The van der Waals surface area contributed by atoms with E-state index in [1.807, 2.05) is 24.3 Å². The van der Waals surface area contributed by atoms with Gasteiger partial charge in [-0.1, -0.05) is 24.3 Å². The zero-order valence-corrected chi connectivity index (χ0v) is 17.2. The molecule has 0 bridgehead atoms. The quantitative estimate of drug-likeness (QED) is 0.157. The number of halogens is 1. The van der Waals surface area contributed by atoms with Gasteiger partial charge in [0.15, 0.2) is 24.4 Å². The van der Waals surface area contributed by atoms with Crippen LogP contribution in [0.2, 0.25) is 0 Å². The van der Waals surface area contributed by atoms with Crippen LogP contribution in [0.1, 0.15) is 12.8 Å². The number of hydrogen-bond acceptors (Lipinski definition) is 5. The summed E-state index contributed by atoms with van der Waals surface area (Å²) in [5.41, 5.74) is 8.64. The Morgan fingerprint density at radius 1 is 0.968 bits per heavy atom. The van der Waals surface area contributed by atoms with E-state index < -0.39 is 11.9 Å². The van der Waals surface area contributed by atoms with Crippen LogP contribution >= 0.6 is 0 Å². The van der Waals surface area contributed by atoms with Gasteiger partial charge >= 0.3 is 11.9 Å². The van der Waals surface area contributed by atoms with E-state index in [0.717, 1.165) is 10.8 Å². The number of fused-ring (bicyclic) bond motifs is 4. The largest absolute Gasteiger partial charge is 1.00 e. The Hall–Kier alpha value is -3.65. The van der Waals surface area contributed by atoms with Gasteiger partial charge in [-0.25, -0.2) is 9.56 Å². The Labute approximate surface area is 183 Å². The highest BCUT2D eigenvalue weighted by molar-refractivity contribution is 6.09. The molecule has 2 aliphatic rings. The molecule has 4 rings (SSSR count). The fourth-order valence-electron chi connectivity index (χ4n) is 3.50. The summed E-state index contributed by atoms with van der Waals surface area (Å²) in [6.07, 6.45) is -0.208. The van der Waals surface area contributed by atoms with Crippen molar-refractivity contribution in [2.45, 2.75) is 12.8 Å². The molecule has 160 valence electrons. The number of aromatic nitrogens is 1. The van der Waals surface area contributed by atoms with Crippen LogP contribution in [-0.4, -0.2) is 40.2 Å². The summed E-state index contributed by atoms with van der Waals surface area (Å²) in [6, 6.07) is 14.8. The van der Waals surface area contributed by atoms with Gasteiger partial charge in [-0.15, -0.1) is 0 Å². The van der Waals surface area contributed by atoms with Gasteiger partial charge < -0.3 is 32.8 Å². The van der Waals surface area contributed by atoms with Crippen molar-refractivity contribution in [1.82, 2.24) is 9.56 Å². The predicted octanol–water partition coefficient (Wildman–Crippen LogP) is -0.606. The van der Waals surface area contributed by atoms with Gasteiger partial charge in [-0.3, -0.25) is 9.59 Å². The van der Waals surface area contributed by atoms with Crippen LogP contribution in [0.25, 0.3) is 33.3 Å². The average Bonchev–Trinajstić information content (AvgIpc) is 2.72. The molecule has 0 amide bonds. The number of nitrogens with zero attached hydrogens (tertiary/aromatic N) is 2. The molecule has 2 aromatic carbocycles. The van der Waals surface area contributed by atoms with Crippen molar-refractivity contribution in [3.05, 3.63) is 53.9 Å². The van der Waals surface area contributed by atoms with Gasteiger partial charge in [0.25, 0.3) is 0 Å². The van der Waals surface area contributed by atoms with E-state index in [-0.39, 0.29) is 38.3 Å². The molecule has 8 nitrogen and oxygen atoms in total. The Bertz CT molecular complexity index is 1310. The van der Waals surface area contributed by atoms with Crippen LogP contribution in [0.3, 0.4) is 0 Å². The van der Waals surface area contributed by atoms with E-state index in [2.05, 4.69) is 0 Å². The molecule has 9 heteroatoms. The topological polar surface area (TPSA) is 130 Å². The van der Waals surface area contributed by atoms with Crippen LogP contribution in [0.5, 0.6) is 0 Å². The molecule has 0 saturated heterocycles. The van der Waals surface area contributed by atoms with Crippen molar-refractivity contribution in [2.24, 2.45) is 0 Å². The summed E-state index contributed by atoms with van der Waals surface area (Å²) in [5, 5.41) is 20.5. The lowest BCUT2D eigenvalue weighted by Crippen LogP contribution is -3.00. The standard InChI is InChI=1S/C22H19N3O5.ClH/c23-16-12-19-22(15-4-2-1-3-14(15)16)24-17-6-5-13(11-18(17)30-19)25(9-7-20(26)27)10-8-21(28)29;/h1-6,11-12,23H,7-10H2,(H2,26,27,28,29);1H. The molecule has 0 spiro atoms. The van der Waals surface area contributed by atoms with Gasteiger partial charge in [-0.05, 0) is 6.07 Å². The zero-order valence-electron chi connectivity index (χ0n) is 16.4. The third-order valence-corrected chi connectivity index (χ3v) is 4.97. The van der Waals surface area contributed by atoms with E-state index in [4.69, 9.17) is 25.3 Å². The minimum absolute atomic E-state index is 0. The Morgan fingerprint density at radius 2 is 1.61 bits per heavy atom. The van der Waals surface area contributed by atoms with E-state index in [1.165, 1.54) is 0 Å². The molecule has 0 aromatic heterocycles. The Kier molecular flexibility index (Phi) is 6.41. The number of rotatable bonds is 6. The van der Waals surface area contributed by atoms with Gasteiger partial charge in [0.1, 0.15) is 24.1 Å². The monoisotopic (exact) mass is 441 g/mol. The number of aliphatic carboxylic acids is 2. The van der Waals surface area contributed by atoms with Crippen molar-refractivity contribution < 1.29 is 36.6 Å². The molecule has 0 radical (unpaired) electrons. The minimum Gasteiger partial charge on any atom is -1.00 e. The van der Waals surface area contributed by atoms with E-state index in [9.17, 15) is 9.59 Å². The van der Waals surface area contributed by atoms with E-state index >= 15 is 0 Å². The zero-order chi connectivity index (χ0) is 21.3. The van der Waals surface area contributed by atoms with Crippen LogP contribution in [0, 0.1) is 0 Å². The van der Waals surface area contributed by atoms with Crippen LogP contribution in [-0.2, 0) is 9.59 Å². The molecule has 2 aromatic rings. The van der Waals surface area contributed by atoms with E-state index in [1.54, 1.807) is 28.8 Å². The fourth-order valence-corrected chi connectivity index (χ4v) is 3.50. The lowest BCUT2D eigenvalue weighted by Gasteiger charge is -2.10. The smallest absolute Gasteiger partial charge is 0.309 e. The molecule has 0 saturated carbocycles. The number of nitrogen functional groups attached to an aromatic ring is 1. The Balaban J connectivity index is 0.00000272. The fraction of sp³-hybridized carbons (Fsp3) is 0.182. The summed E-state index contributed by atoms with van der Waals surface area (Å²) in [5.74, 6) is -1.39. The maximum atomic E-state index is 11.0. The van der Waals surface area contributed by atoms with Crippen molar-refractivity contribution in [3.8, 4) is 11.5 Å². The molecule has 4 N–H and O–H groups in total. The molecule has 1 aliphatic heterocycles. The first kappa shape index (κ1) is 22.0. The summed E-state index contributed by atoms with van der Waals surface area (Å²) in [4.78, 5) is 26.7. The molecule has 0 atom stereocenters. The summed E-state index contributed by atoms with van der Waals surface area (Å²) in [7, 11) is 0. The van der Waals surface area contributed by atoms with Crippen LogP contribution in [0.15, 0.2) is 52.9 Å². The average molecular weight is 442 g/mol. The SMILES string of the molecule is Nc1cc2oc3cc(=[N+](CCC(=O)O)CCC(=O)O)ccc-3nc2c2ccccc12.[Cl-]. The maximum Gasteiger partial charge on any atom is 0.309 e. The van der Waals surface area contributed by atoms with Gasteiger partial charge in [0.2, 0.25) is 5.36 Å². The molecule has 1 heterocycles. The van der Waals surface area contributed by atoms with Crippen LogP contribution in [0.4, 0.5) is 5.69 Å². The number of hydrogen-bond donors (Lipinski definition) is 3. The summed E-state index contributed by atoms with van der Waals surface area (Å²) >= 11 is 0.